The van der Waals surface area contributed by atoms with Gasteiger partial charge in [-0.05, 0) is 75.9 Å². The van der Waals surface area contributed by atoms with E-state index in [-0.39, 0.29) is 28.6 Å². The number of fused-ring (bicyclic) bond motifs is 2. The number of hydrogen-bond donors (Lipinski definition) is 2. The summed E-state index contributed by atoms with van der Waals surface area (Å²) in [6, 6.07) is 8.39. The molecule has 1 aromatic heterocycles. The minimum absolute atomic E-state index is 0.0242. The molecule has 2 fully saturated rings. The molecule has 4 rings (SSSR count). The molecule has 0 saturated carbocycles. The van der Waals surface area contributed by atoms with Crippen LogP contribution in [0.3, 0.4) is 0 Å². The van der Waals surface area contributed by atoms with E-state index >= 15 is 0 Å². The van der Waals surface area contributed by atoms with Crippen LogP contribution in [0.1, 0.15) is 49.7 Å². The number of carbonyl (C=O) groups excluding carboxylic acids is 1. The molecule has 1 amide bonds. The Bertz CT molecular complexity index is 1000. The lowest BCUT2D eigenvalue weighted by Crippen LogP contribution is -2.55. The number of nitrogens with two attached hydrogens (primary N) is 1. The van der Waals surface area contributed by atoms with Crippen molar-refractivity contribution in [3.05, 3.63) is 52.4 Å². The third-order valence-corrected chi connectivity index (χ3v) is 7.22. The summed E-state index contributed by atoms with van der Waals surface area (Å²) < 4.78 is 16.8. The number of benzene rings is 1. The van der Waals surface area contributed by atoms with Gasteiger partial charge in [0.2, 0.25) is 0 Å². The molecule has 32 heavy (non-hydrogen) atoms. The van der Waals surface area contributed by atoms with Crippen molar-refractivity contribution in [2.24, 2.45) is 5.73 Å². The van der Waals surface area contributed by atoms with E-state index in [0.717, 1.165) is 29.2 Å². The predicted octanol–water partition coefficient (Wildman–Crippen LogP) is 4.22. The van der Waals surface area contributed by atoms with Gasteiger partial charge in [-0.3, -0.25) is 9.52 Å². The van der Waals surface area contributed by atoms with E-state index in [2.05, 4.69) is 36.5 Å². The summed E-state index contributed by atoms with van der Waals surface area (Å²) in [5.41, 5.74) is 7.10. The van der Waals surface area contributed by atoms with Crippen molar-refractivity contribution in [1.82, 2.24) is 14.6 Å². The highest BCUT2D eigenvalue weighted by atomic mass is 35.5. The van der Waals surface area contributed by atoms with E-state index in [1.807, 2.05) is 11.0 Å². The van der Waals surface area contributed by atoms with E-state index in [1.165, 1.54) is 18.2 Å². The van der Waals surface area contributed by atoms with E-state index < -0.39 is 5.82 Å². The molecule has 2 atom stereocenters. The topological polar surface area (TPSA) is 74.5 Å². The molecular formula is C23H29ClFN5OS. The van der Waals surface area contributed by atoms with Crippen LogP contribution in [-0.4, -0.2) is 46.5 Å². The molecule has 2 bridgehead atoms. The second kappa shape index (κ2) is 9.17. The van der Waals surface area contributed by atoms with Gasteiger partial charge < -0.3 is 15.5 Å². The predicted molar refractivity (Wildman–Crippen MR) is 127 cm³/mol. The van der Waals surface area contributed by atoms with Gasteiger partial charge in [-0.1, -0.05) is 11.6 Å². The van der Waals surface area contributed by atoms with Crippen LogP contribution in [0.25, 0.3) is 0 Å². The van der Waals surface area contributed by atoms with Crippen LogP contribution in [-0.2, 0) is 6.54 Å². The van der Waals surface area contributed by atoms with Crippen LogP contribution >= 0.6 is 23.5 Å². The van der Waals surface area contributed by atoms with Crippen molar-refractivity contribution in [2.45, 2.75) is 62.7 Å². The highest BCUT2D eigenvalue weighted by Crippen LogP contribution is 2.36. The van der Waals surface area contributed by atoms with Crippen molar-refractivity contribution in [1.29, 1.82) is 0 Å². The number of aromatic nitrogens is 1. The van der Waals surface area contributed by atoms with Gasteiger partial charge in [0.15, 0.2) is 0 Å². The zero-order valence-electron chi connectivity index (χ0n) is 18.6. The van der Waals surface area contributed by atoms with Crippen LogP contribution in [0.15, 0.2) is 35.2 Å². The van der Waals surface area contributed by atoms with Gasteiger partial charge in [0, 0.05) is 42.2 Å². The molecule has 2 aromatic rings. The highest BCUT2D eigenvalue weighted by molar-refractivity contribution is 7.97. The molecule has 0 radical (unpaired) electrons. The van der Waals surface area contributed by atoms with Crippen molar-refractivity contribution >= 4 is 35.3 Å². The molecule has 9 heteroatoms. The largest absolute Gasteiger partial charge is 0.347 e. The number of halogens is 2. The number of carbonyl (C=O) groups is 1. The molecule has 1 aromatic carbocycles. The molecule has 3 heterocycles. The van der Waals surface area contributed by atoms with Gasteiger partial charge in [-0.15, -0.1) is 0 Å². The first-order chi connectivity index (χ1) is 15.1. The van der Waals surface area contributed by atoms with E-state index in [1.54, 1.807) is 11.9 Å². The maximum atomic E-state index is 13.4. The summed E-state index contributed by atoms with van der Waals surface area (Å²) in [5, 5.41) is 0.148. The third kappa shape index (κ3) is 5.03. The molecule has 2 unspecified atom stereocenters. The number of anilines is 1. The Hall–Kier alpha value is -1.87. The monoisotopic (exact) mass is 477 g/mol. The average molecular weight is 478 g/mol. The number of hydrogen-bond acceptors (Lipinski definition) is 6. The van der Waals surface area contributed by atoms with Crippen molar-refractivity contribution in [3.8, 4) is 0 Å². The zero-order valence-corrected chi connectivity index (χ0v) is 20.1. The first-order valence-electron chi connectivity index (χ1n) is 10.8. The van der Waals surface area contributed by atoms with E-state index in [4.69, 9.17) is 22.3 Å². The van der Waals surface area contributed by atoms with Crippen molar-refractivity contribution < 1.29 is 9.18 Å². The minimum atomic E-state index is -0.447. The summed E-state index contributed by atoms with van der Waals surface area (Å²) in [7, 11) is 0. The average Bonchev–Trinajstić information content (AvgIpc) is 3.00. The molecule has 6 nitrogen and oxygen atoms in total. The smallest absolute Gasteiger partial charge is 0.255 e. The first-order valence-corrected chi connectivity index (χ1v) is 12.0. The second-order valence-electron chi connectivity index (χ2n) is 9.44. The molecule has 2 aliphatic rings. The SMILES string of the molecule is CC(C)(C)NSc1cc(CN)nc(N2C3CCC2CN(C(=O)c2ccc(F)cc2Cl)C3)c1. The summed E-state index contributed by atoms with van der Waals surface area (Å²) in [6.45, 7) is 7.90. The quantitative estimate of drug-likeness (QED) is 0.628. The summed E-state index contributed by atoms with van der Waals surface area (Å²) >= 11 is 7.72. The van der Waals surface area contributed by atoms with Gasteiger partial charge in [0.25, 0.3) is 5.91 Å². The van der Waals surface area contributed by atoms with Gasteiger partial charge in [-0.2, -0.15) is 0 Å². The Morgan fingerprint density at radius 2 is 1.94 bits per heavy atom. The first kappa shape index (κ1) is 23.3. The fourth-order valence-electron chi connectivity index (χ4n) is 4.33. The van der Waals surface area contributed by atoms with Crippen LogP contribution in [0.5, 0.6) is 0 Å². The highest BCUT2D eigenvalue weighted by Gasteiger charge is 2.42. The van der Waals surface area contributed by atoms with Gasteiger partial charge >= 0.3 is 0 Å². The summed E-state index contributed by atoms with van der Waals surface area (Å²) in [5.74, 6) is 0.309. The lowest BCUT2D eigenvalue weighted by molar-refractivity contribution is 0.0717. The van der Waals surface area contributed by atoms with Gasteiger partial charge in [-0.25, -0.2) is 9.37 Å². The maximum absolute atomic E-state index is 13.4. The van der Waals surface area contributed by atoms with Crippen molar-refractivity contribution in [2.75, 3.05) is 18.0 Å². The van der Waals surface area contributed by atoms with Crippen LogP contribution in [0.4, 0.5) is 10.2 Å². The van der Waals surface area contributed by atoms with Gasteiger partial charge in [0.05, 0.1) is 16.3 Å². The Balaban J connectivity index is 1.54. The number of amides is 1. The van der Waals surface area contributed by atoms with Crippen molar-refractivity contribution in [3.63, 3.8) is 0 Å². The second-order valence-corrected chi connectivity index (χ2v) is 10.7. The van der Waals surface area contributed by atoms with Crippen LogP contribution in [0, 0.1) is 5.82 Å². The molecule has 172 valence electrons. The number of pyridine rings is 1. The Morgan fingerprint density at radius 3 is 2.53 bits per heavy atom. The normalized spacial score (nSPS) is 20.7. The lowest BCUT2D eigenvalue weighted by Gasteiger charge is -2.42. The number of likely N-dealkylation sites (tertiary alicyclic amines) is 1. The lowest BCUT2D eigenvalue weighted by atomic mass is 10.1. The standard InChI is InChI=1S/C23H29ClFN5OS/c1-23(2,3)28-32-18-9-15(11-26)27-21(10-18)30-16-5-6-17(30)13-29(12-16)22(31)19-7-4-14(25)8-20(19)24/h4,7-10,16-17,28H,5-6,11-13,26H2,1-3H3. The molecule has 3 N–H and O–H groups in total. The number of nitrogens with one attached hydrogen (secondary N) is 1. The van der Waals surface area contributed by atoms with E-state index in [9.17, 15) is 9.18 Å². The minimum Gasteiger partial charge on any atom is -0.347 e. The fourth-order valence-corrected chi connectivity index (χ4v) is 5.36. The maximum Gasteiger partial charge on any atom is 0.255 e. The molecule has 2 saturated heterocycles. The number of piperazine rings is 1. The molecule has 2 aliphatic heterocycles. The molecule has 0 aliphatic carbocycles. The summed E-state index contributed by atoms with van der Waals surface area (Å²) in [4.78, 5) is 23.1. The Labute approximate surface area is 197 Å². The van der Waals surface area contributed by atoms with Gasteiger partial charge in [0.1, 0.15) is 11.6 Å². The fraction of sp³-hybridized carbons (Fsp3) is 0.478. The van der Waals surface area contributed by atoms with E-state index in [0.29, 0.717) is 25.2 Å². The number of rotatable bonds is 5. The third-order valence-electron chi connectivity index (χ3n) is 5.72. The number of nitrogens with zero attached hydrogens (tertiary/aromatic N) is 3. The summed E-state index contributed by atoms with van der Waals surface area (Å²) in [6.07, 6.45) is 1.98. The Morgan fingerprint density at radius 1 is 1.25 bits per heavy atom. The zero-order chi connectivity index (χ0) is 23.0. The van der Waals surface area contributed by atoms with Crippen LogP contribution < -0.4 is 15.4 Å². The Kier molecular flexibility index (Phi) is 6.68. The molecular weight excluding hydrogens is 449 g/mol. The van der Waals surface area contributed by atoms with Crippen LogP contribution in [0.2, 0.25) is 5.02 Å². The molecule has 0 spiro atoms.